The molecule has 1 aliphatic carbocycles. The third-order valence-corrected chi connectivity index (χ3v) is 6.33. The van der Waals surface area contributed by atoms with Gasteiger partial charge in [0.05, 0.1) is 24.3 Å². The van der Waals surface area contributed by atoms with Gasteiger partial charge in [-0.15, -0.1) is 0 Å². The summed E-state index contributed by atoms with van der Waals surface area (Å²) in [7, 11) is 1.41. The van der Waals surface area contributed by atoms with E-state index in [1.807, 2.05) is 13.0 Å². The molecule has 1 unspecified atom stereocenters. The van der Waals surface area contributed by atoms with Gasteiger partial charge in [0, 0.05) is 31.3 Å². The van der Waals surface area contributed by atoms with Gasteiger partial charge >= 0.3 is 5.97 Å². The lowest BCUT2D eigenvalue weighted by Crippen LogP contribution is -2.39. The zero-order valence-electron chi connectivity index (χ0n) is 15.4. The number of aryl methyl sites for hydroxylation is 1. The number of pyridine rings is 1. The van der Waals surface area contributed by atoms with Crippen molar-refractivity contribution in [3.05, 3.63) is 38.3 Å². The number of fused-ring (bicyclic) bond motifs is 1. The number of halogens is 1. The highest BCUT2D eigenvalue weighted by molar-refractivity contribution is 14.1. The zero-order valence-corrected chi connectivity index (χ0v) is 17.5. The summed E-state index contributed by atoms with van der Waals surface area (Å²) in [5.74, 6) is 0.0964. The van der Waals surface area contributed by atoms with E-state index >= 15 is 0 Å². The zero-order chi connectivity index (χ0) is 19.1. The SMILES string of the molecule is COC(=O)C1CCc2c(I)nn(C(=O)c3c(C)ccnc3N3CCC3)c2C1. The third kappa shape index (κ3) is 3.13. The Bertz CT molecular complexity index is 920. The molecular weight excluding hydrogens is 459 g/mol. The largest absolute Gasteiger partial charge is 0.469 e. The van der Waals surface area contributed by atoms with Gasteiger partial charge < -0.3 is 9.64 Å². The number of aromatic nitrogens is 3. The number of carbonyl (C=O) groups is 2. The molecule has 4 rings (SSSR count). The average molecular weight is 480 g/mol. The summed E-state index contributed by atoms with van der Waals surface area (Å²) >= 11 is 2.17. The second-order valence-electron chi connectivity index (χ2n) is 7.06. The summed E-state index contributed by atoms with van der Waals surface area (Å²) in [6, 6.07) is 1.86. The number of ether oxygens (including phenoxy) is 1. The van der Waals surface area contributed by atoms with E-state index in [4.69, 9.17) is 4.74 Å². The van der Waals surface area contributed by atoms with Crippen LogP contribution in [0.4, 0.5) is 5.82 Å². The molecule has 1 atom stereocenters. The Hall–Kier alpha value is -1.97. The van der Waals surface area contributed by atoms with Gasteiger partial charge in [-0.2, -0.15) is 9.78 Å². The van der Waals surface area contributed by atoms with Gasteiger partial charge in [-0.3, -0.25) is 9.59 Å². The summed E-state index contributed by atoms with van der Waals surface area (Å²) in [6.07, 6.45) is 4.78. The second kappa shape index (κ2) is 7.21. The standard InChI is InChI=1S/C19H21IN4O3/c1-11-6-7-21-17(23-8-3-9-23)15(11)18(25)24-14-10-12(19(26)27-2)4-5-13(14)16(20)22-24/h6-7,12H,3-5,8-10H2,1-2H3. The lowest BCUT2D eigenvalue weighted by molar-refractivity contribution is -0.145. The van der Waals surface area contributed by atoms with Gasteiger partial charge in [0.2, 0.25) is 0 Å². The Balaban J connectivity index is 1.76. The van der Waals surface area contributed by atoms with E-state index in [0.29, 0.717) is 12.0 Å². The summed E-state index contributed by atoms with van der Waals surface area (Å²) in [6.45, 7) is 3.75. The lowest BCUT2D eigenvalue weighted by atomic mass is 9.88. The van der Waals surface area contributed by atoms with Crippen LogP contribution in [0.5, 0.6) is 0 Å². The highest BCUT2D eigenvalue weighted by Crippen LogP contribution is 2.32. The van der Waals surface area contributed by atoms with Crippen LogP contribution in [0.2, 0.25) is 0 Å². The van der Waals surface area contributed by atoms with Crippen molar-refractivity contribution < 1.29 is 14.3 Å². The maximum Gasteiger partial charge on any atom is 0.309 e. The van der Waals surface area contributed by atoms with Crippen LogP contribution in [-0.2, 0) is 22.4 Å². The quantitative estimate of drug-likeness (QED) is 0.496. The van der Waals surface area contributed by atoms with Crippen LogP contribution in [0.25, 0.3) is 0 Å². The molecule has 2 aromatic heterocycles. The van der Waals surface area contributed by atoms with Crippen molar-refractivity contribution in [3.63, 3.8) is 0 Å². The number of esters is 1. The summed E-state index contributed by atoms with van der Waals surface area (Å²) in [4.78, 5) is 32.1. The number of nitrogens with zero attached hydrogens (tertiary/aromatic N) is 4. The van der Waals surface area contributed by atoms with E-state index < -0.39 is 0 Å². The molecule has 0 bridgehead atoms. The molecule has 1 saturated heterocycles. The summed E-state index contributed by atoms with van der Waals surface area (Å²) in [5.41, 5.74) is 3.37. The van der Waals surface area contributed by atoms with Gasteiger partial charge in [-0.1, -0.05) is 0 Å². The molecule has 142 valence electrons. The highest BCUT2D eigenvalue weighted by Gasteiger charge is 2.33. The van der Waals surface area contributed by atoms with Crippen molar-refractivity contribution in [1.82, 2.24) is 14.8 Å². The lowest BCUT2D eigenvalue weighted by Gasteiger charge is -2.33. The van der Waals surface area contributed by atoms with Gasteiger partial charge in [0.25, 0.3) is 5.91 Å². The number of anilines is 1. The molecule has 1 fully saturated rings. The normalized spacial score (nSPS) is 18.6. The molecule has 0 spiro atoms. The van der Waals surface area contributed by atoms with Crippen molar-refractivity contribution in [1.29, 1.82) is 0 Å². The first kappa shape index (κ1) is 18.4. The minimum absolute atomic E-state index is 0.174. The molecule has 0 radical (unpaired) electrons. The van der Waals surface area contributed by atoms with E-state index in [2.05, 4.69) is 37.6 Å². The Labute approximate surface area is 171 Å². The van der Waals surface area contributed by atoms with Gasteiger partial charge in [0.15, 0.2) is 0 Å². The minimum atomic E-state index is -0.230. The number of methoxy groups -OCH3 is 1. The number of rotatable bonds is 3. The molecule has 0 amide bonds. The van der Waals surface area contributed by atoms with Crippen molar-refractivity contribution in [2.45, 2.75) is 32.6 Å². The van der Waals surface area contributed by atoms with Crippen molar-refractivity contribution in [2.24, 2.45) is 5.92 Å². The van der Waals surface area contributed by atoms with Crippen LogP contribution in [0.3, 0.4) is 0 Å². The molecular formula is C19H21IN4O3. The van der Waals surface area contributed by atoms with Crippen molar-refractivity contribution >= 4 is 40.3 Å². The van der Waals surface area contributed by atoms with Crippen LogP contribution in [0.15, 0.2) is 12.3 Å². The first-order chi connectivity index (χ1) is 13.0. The molecule has 0 N–H and O–H groups in total. The van der Waals surface area contributed by atoms with Crippen LogP contribution in [0.1, 0.15) is 40.0 Å². The molecule has 2 aromatic rings. The molecule has 1 aliphatic heterocycles. The van der Waals surface area contributed by atoms with E-state index in [-0.39, 0.29) is 17.8 Å². The Morgan fingerprint density at radius 2 is 2.11 bits per heavy atom. The number of hydrogen-bond donors (Lipinski definition) is 0. The van der Waals surface area contributed by atoms with Gasteiger partial charge in [-0.05, 0) is 60.4 Å². The molecule has 8 heteroatoms. The van der Waals surface area contributed by atoms with Crippen molar-refractivity contribution in [3.8, 4) is 0 Å². The Kier molecular flexibility index (Phi) is 4.92. The second-order valence-corrected chi connectivity index (χ2v) is 8.08. The molecule has 27 heavy (non-hydrogen) atoms. The fraction of sp³-hybridized carbons (Fsp3) is 0.474. The molecule has 7 nitrogen and oxygen atoms in total. The van der Waals surface area contributed by atoms with Crippen LogP contribution < -0.4 is 4.90 Å². The number of carbonyl (C=O) groups excluding carboxylic acids is 2. The first-order valence-corrected chi connectivity index (χ1v) is 10.2. The van der Waals surface area contributed by atoms with E-state index in [1.54, 1.807) is 6.20 Å². The minimum Gasteiger partial charge on any atom is -0.469 e. The monoisotopic (exact) mass is 480 g/mol. The maximum atomic E-state index is 13.5. The van der Waals surface area contributed by atoms with Crippen LogP contribution in [0, 0.1) is 16.5 Å². The van der Waals surface area contributed by atoms with E-state index in [0.717, 1.165) is 58.7 Å². The topological polar surface area (TPSA) is 77.3 Å². The predicted molar refractivity (Wildman–Crippen MR) is 108 cm³/mol. The fourth-order valence-electron chi connectivity index (χ4n) is 3.78. The van der Waals surface area contributed by atoms with E-state index in [9.17, 15) is 9.59 Å². The molecule has 3 heterocycles. The average Bonchev–Trinajstić information content (AvgIpc) is 2.95. The number of hydrogen-bond acceptors (Lipinski definition) is 6. The Morgan fingerprint density at radius 1 is 1.33 bits per heavy atom. The Morgan fingerprint density at radius 3 is 2.78 bits per heavy atom. The summed E-state index contributed by atoms with van der Waals surface area (Å²) in [5, 5.41) is 4.53. The van der Waals surface area contributed by atoms with Gasteiger partial charge in [-0.25, -0.2) is 4.98 Å². The van der Waals surface area contributed by atoms with E-state index in [1.165, 1.54) is 11.8 Å². The molecule has 2 aliphatic rings. The van der Waals surface area contributed by atoms with Gasteiger partial charge in [0.1, 0.15) is 9.52 Å². The predicted octanol–water partition coefficient (Wildman–Crippen LogP) is 2.37. The fourth-order valence-corrected chi connectivity index (χ4v) is 4.58. The smallest absolute Gasteiger partial charge is 0.309 e. The first-order valence-electron chi connectivity index (χ1n) is 9.10. The maximum absolute atomic E-state index is 13.5. The summed E-state index contributed by atoms with van der Waals surface area (Å²) < 4.78 is 7.23. The van der Waals surface area contributed by atoms with Crippen LogP contribution >= 0.6 is 22.6 Å². The third-order valence-electron chi connectivity index (χ3n) is 5.46. The molecule has 0 aromatic carbocycles. The van der Waals surface area contributed by atoms with Crippen LogP contribution in [-0.4, -0.2) is 46.8 Å². The highest BCUT2D eigenvalue weighted by atomic mass is 127. The van der Waals surface area contributed by atoms with Crippen molar-refractivity contribution in [2.75, 3.05) is 25.1 Å². The molecule has 0 saturated carbocycles.